The van der Waals surface area contributed by atoms with Crippen molar-refractivity contribution in [1.82, 2.24) is 35.1 Å². The lowest BCUT2D eigenvalue weighted by Crippen LogP contribution is -2.49. The van der Waals surface area contributed by atoms with E-state index >= 15 is 0 Å². The molecule has 2 saturated heterocycles. The van der Waals surface area contributed by atoms with Gasteiger partial charge >= 0.3 is 25.0 Å². The number of carboxylic acids is 3. The summed E-state index contributed by atoms with van der Waals surface area (Å²) in [7, 11) is -1.64. The molecule has 2 aliphatic heterocycles. The molecule has 0 aliphatic carbocycles. The fourth-order valence-corrected chi connectivity index (χ4v) is 6.38. The summed E-state index contributed by atoms with van der Waals surface area (Å²) in [6.45, 7) is 1.94. The lowest BCUT2D eigenvalue weighted by molar-refractivity contribution is -0.140. The summed E-state index contributed by atoms with van der Waals surface area (Å²) in [5.74, 6) is -5.26. The number of amides is 4. The highest BCUT2D eigenvalue weighted by Gasteiger charge is 2.36. The zero-order valence-corrected chi connectivity index (χ0v) is 30.9. The van der Waals surface area contributed by atoms with Gasteiger partial charge in [-0.05, 0) is 49.9 Å². The van der Waals surface area contributed by atoms with Gasteiger partial charge in [0, 0.05) is 83.1 Å². The van der Waals surface area contributed by atoms with Crippen LogP contribution in [-0.4, -0.2) is 203 Å². The zero-order valence-electron chi connectivity index (χ0n) is 30.9. The molecule has 55 heavy (non-hydrogen) atoms. The summed E-state index contributed by atoms with van der Waals surface area (Å²) in [6.07, 6.45) is 2.28. The Kier molecular flexibility index (Phi) is 18.9. The first-order chi connectivity index (χ1) is 26.2. The number of anilines is 1. The summed E-state index contributed by atoms with van der Waals surface area (Å²) in [6, 6.07) is 6.12. The molecule has 2 fully saturated rings. The molecule has 0 aromatic heterocycles. The van der Waals surface area contributed by atoms with Crippen molar-refractivity contribution in [3.05, 3.63) is 29.8 Å². The first kappa shape index (κ1) is 44.7. The van der Waals surface area contributed by atoms with Gasteiger partial charge in [0.2, 0.25) is 17.7 Å². The Balaban J connectivity index is 1.40. The maximum Gasteiger partial charge on any atom is 0.475 e. The van der Waals surface area contributed by atoms with Gasteiger partial charge in [-0.3, -0.25) is 53.2 Å². The lowest BCUT2D eigenvalue weighted by Gasteiger charge is -2.32. The number of rotatable bonds is 18. The molecule has 21 heteroatoms. The van der Waals surface area contributed by atoms with Crippen molar-refractivity contribution in [2.24, 2.45) is 0 Å². The second kappa shape index (κ2) is 23.3. The van der Waals surface area contributed by atoms with E-state index in [1.54, 1.807) is 26.8 Å². The molecule has 1 atom stereocenters. The number of nitrogens with zero attached hydrogens (tertiary/aromatic N) is 5. The third kappa shape index (κ3) is 17.1. The van der Waals surface area contributed by atoms with Crippen LogP contribution in [0.5, 0.6) is 0 Å². The quantitative estimate of drug-likeness (QED) is 0.0550. The van der Waals surface area contributed by atoms with Gasteiger partial charge in [-0.2, -0.15) is 0 Å². The van der Waals surface area contributed by atoms with Crippen molar-refractivity contribution in [2.75, 3.05) is 103 Å². The third-order valence-electron chi connectivity index (χ3n) is 9.32. The van der Waals surface area contributed by atoms with Crippen LogP contribution in [0.3, 0.4) is 0 Å². The number of nitrogens with one attached hydrogen (secondary N) is 3. The summed E-state index contributed by atoms with van der Waals surface area (Å²) in [5, 5.41) is 55.1. The average Bonchev–Trinajstić information content (AvgIpc) is 3.62. The highest BCUT2D eigenvalue weighted by atomic mass is 16.4. The fraction of sp³-hybridized carbons (Fsp3) is 0.618. The molecule has 0 unspecified atom stereocenters. The van der Waals surface area contributed by atoms with Crippen LogP contribution in [0.15, 0.2) is 24.3 Å². The molecule has 0 bridgehead atoms. The smallest absolute Gasteiger partial charge is 0.475 e. The Morgan fingerprint density at radius 1 is 0.636 bits per heavy atom. The standard InChI is InChI=1S/C34H53BN8O12/c44-28(38-26-8-6-25(7-9-26)34(53)37-20-30(46)43-11-3-4-27(43)35(54)55)5-1-2-10-36-29(45)21-39-12-14-40(22-31(47)48)16-18-42(24-33(51)52)19-17-41(15-13-39)23-32(49)50/h6-9,27,54-55H,1-5,10-24H2,(H,36,45)(H,37,53)(H,38,44)(H,47,48)(H,49,50)(H,51,52)/t27-/m0/s1. The van der Waals surface area contributed by atoms with Gasteiger partial charge in [0.15, 0.2) is 0 Å². The number of hydrogen-bond donors (Lipinski definition) is 8. The predicted octanol–water partition coefficient (Wildman–Crippen LogP) is -2.88. The summed E-state index contributed by atoms with van der Waals surface area (Å²) < 4.78 is 0. The first-order valence-electron chi connectivity index (χ1n) is 18.4. The number of benzene rings is 1. The van der Waals surface area contributed by atoms with Crippen LogP contribution < -0.4 is 16.0 Å². The van der Waals surface area contributed by atoms with Crippen molar-refractivity contribution in [3.8, 4) is 0 Å². The topological polar surface area (TPSA) is 273 Å². The molecule has 304 valence electrons. The minimum Gasteiger partial charge on any atom is -0.480 e. The van der Waals surface area contributed by atoms with Crippen LogP contribution in [0.1, 0.15) is 42.5 Å². The van der Waals surface area contributed by atoms with E-state index in [0.29, 0.717) is 70.6 Å². The molecule has 1 aromatic carbocycles. The van der Waals surface area contributed by atoms with E-state index < -0.39 is 42.8 Å². The van der Waals surface area contributed by atoms with Crippen LogP contribution in [0.4, 0.5) is 5.69 Å². The first-order valence-corrected chi connectivity index (χ1v) is 18.4. The van der Waals surface area contributed by atoms with Gasteiger partial charge in [0.05, 0.1) is 38.7 Å². The maximum atomic E-state index is 12.9. The molecule has 8 N–H and O–H groups in total. The van der Waals surface area contributed by atoms with Gasteiger partial charge in [-0.1, -0.05) is 0 Å². The van der Waals surface area contributed by atoms with E-state index in [9.17, 15) is 58.9 Å². The molecule has 0 saturated carbocycles. The normalized spacial score (nSPS) is 18.1. The Bertz CT molecular complexity index is 1440. The highest BCUT2D eigenvalue weighted by molar-refractivity contribution is 6.43. The highest BCUT2D eigenvalue weighted by Crippen LogP contribution is 2.18. The Hall–Kier alpha value is -4.67. The van der Waals surface area contributed by atoms with Gasteiger partial charge in [-0.15, -0.1) is 0 Å². The fourth-order valence-electron chi connectivity index (χ4n) is 6.38. The zero-order chi connectivity index (χ0) is 40.3. The van der Waals surface area contributed by atoms with Crippen LogP contribution >= 0.6 is 0 Å². The molecule has 0 radical (unpaired) electrons. The monoisotopic (exact) mass is 776 g/mol. The van der Waals surface area contributed by atoms with E-state index in [-0.39, 0.29) is 82.7 Å². The lowest BCUT2D eigenvalue weighted by atomic mass is 9.78. The van der Waals surface area contributed by atoms with Gasteiger partial charge in [0.25, 0.3) is 5.91 Å². The molecule has 0 spiro atoms. The average molecular weight is 777 g/mol. The van der Waals surface area contributed by atoms with Crippen molar-refractivity contribution < 1.29 is 58.9 Å². The largest absolute Gasteiger partial charge is 0.480 e. The second-order valence-electron chi connectivity index (χ2n) is 13.6. The molecule has 3 rings (SSSR count). The van der Waals surface area contributed by atoms with Crippen LogP contribution in [0, 0.1) is 0 Å². The minimum atomic E-state index is -1.64. The SMILES string of the molecule is O=C(O)CN1CCN(CC(=O)O)CCN(CC(=O)NCCCCC(=O)Nc2ccc(C(=O)NCC(=O)N3CCC[C@H]3B(O)O)cc2)CCN(CC(=O)O)CC1. The number of unbranched alkanes of at least 4 members (excludes halogenated alkanes) is 1. The molecule has 4 amide bonds. The third-order valence-corrected chi connectivity index (χ3v) is 9.32. The van der Waals surface area contributed by atoms with E-state index in [4.69, 9.17) is 0 Å². The number of hydrogen-bond acceptors (Lipinski definition) is 13. The van der Waals surface area contributed by atoms with Crippen molar-refractivity contribution in [2.45, 2.75) is 38.0 Å². The van der Waals surface area contributed by atoms with E-state index in [2.05, 4.69) is 16.0 Å². The van der Waals surface area contributed by atoms with Crippen LogP contribution in [-0.2, 0) is 28.8 Å². The second-order valence-corrected chi connectivity index (χ2v) is 13.6. The summed E-state index contributed by atoms with van der Waals surface area (Å²) >= 11 is 0. The number of carbonyl (C=O) groups is 7. The Labute approximate surface area is 319 Å². The summed E-state index contributed by atoms with van der Waals surface area (Å²) in [5.41, 5.74) is 0.740. The molecule has 2 heterocycles. The van der Waals surface area contributed by atoms with Crippen molar-refractivity contribution in [3.63, 3.8) is 0 Å². The van der Waals surface area contributed by atoms with Crippen LogP contribution in [0.2, 0.25) is 0 Å². The molecule has 1 aromatic rings. The van der Waals surface area contributed by atoms with Crippen molar-refractivity contribution >= 4 is 54.3 Å². The number of carboxylic acid groups (broad SMARTS) is 3. The Morgan fingerprint density at radius 2 is 1.13 bits per heavy atom. The maximum absolute atomic E-state index is 12.9. The number of carbonyl (C=O) groups excluding carboxylic acids is 4. The molecule has 2 aliphatic rings. The Morgan fingerprint density at radius 3 is 1.60 bits per heavy atom. The van der Waals surface area contributed by atoms with Crippen LogP contribution in [0.25, 0.3) is 0 Å². The molecular formula is C34H53BN8O12. The minimum absolute atomic E-state index is 0.00939. The summed E-state index contributed by atoms with van der Waals surface area (Å²) in [4.78, 5) is 92.9. The predicted molar refractivity (Wildman–Crippen MR) is 198 cm³/mol. The number of likely N-dealkylation sites (tertiary alicyclic amines) is 1. The van der Waals surface area contributed by atoms with Gasteiger partial charge in [-0.25, -0.2) is 0 Å². The molecule has 20 nitrogen and oxygen atoms in total. The van der Waals surface area contributed by atoms with Crippen molar-refractivity contribution in [1.29, 1.82) is 0 Å². The molecular weight excluding hydrogens is 723 g/mol. The van der Waals surface area contributed by atoms with E-state index in [0.717, 1.165) is 0 Å². The number of aliphatic carboxylic acids is 3. The van der Waals surface area contributed by atoms with E-state index in [1.807, 2.05) is 4.90 Å². The van der Waals surface area contributed by atoms with Gasteiger partial charge in [0.1, 0.15) is 0 Å². The van der Waals surface area contributed by atoms with Gasteiger partial charge < -0.3 is 46.2 Å². The van der Waals surface area contributed by atoms with E-state index in [1.165, 1.54) is 17.0 Å².